The molecule has 2 aromatic heterocycles. The summed E-state index contributed by atoms with van der Waals surface area (Å²) in [5, 5.41) is 13.5. The number of pyridine rings is 1. The quantitative estimate of drug-likeness (QED) is 0.621. The molecule has 0 saturated carbocycles. The zero-order valence-electron chi connectivity index (χ0n) is 12.5. The Hall–Kier alpha value is -2.55. The zero-order chi connectivity index (χ0) is 17.9. The number of carbonyl (C=O) groups excluding carboxylic acids is 1. The van der Waals surface area contributed by atoms with Gasteiger partial charge in [0.25, 0.3) is 11.3 Å². The average molecular weight is 359 g/mol. The second-order valence-electron chi connectivity index (χ2n) is 4.99. The van der Waals surface area contributed by atoms with E-state index in [-0.39, 0.29) is 22.2 Å². The van der Waals surface area contributed by atoms with E-state index in [0.29, 0.717) is 0 Å². The number of anilines is 1. The van der Waals surface area contributed by atoms with Gasteiger partial charge >= 0.3 is 5.92 Å². The van der Waals surface area contributed by atoms with Crippen LogP contribution in [0.5, 0.6) is 0 Å². The van der Waals surface area contributed by atoms with E-state index in [1.165, 1.54) is 19.1 Å². The van der Waals surface area contributed by atoms with Gasteiger partial charge in [-0.25, -0.2) is 4.98 Å². The van der Waals surface area contributed by atoms with E-state index in [1.54, 1.807) is 0 Å². The Morgan fingerprint density at radius 1 is 1.50 bits per heavy atom. The summed E-state index contributed by atoms with van der Waals surface area (Å²) in [7, 11) is 0. The van der Waals surface area contributed by atoms with Crippen molar-refractivity contribution < 1.29 is 18.3 Å². The summed E-state index contributed by atoms with van der Waals surface area (Å²) in [6, 6.07) is 3.61. The molecule has 0 aliphatic heterocycles. The van der Waals surface area contributed by atoms with E-state index in [9.17, 15) is 23.6 Å². The van der Waals surface area contributed by atoms with Gasteiger partial charge in [0.1, 0.15) is 10.9 Å². The van der Waals surface area contributed by atoms with E-state index in [0.717, 1.165) is 23.0 Å². The lowest BCUT2D eigenvalue weighted by molar-refractivity contribution is -0.624. The van der Waals surface area contributed by atoms with Crippen LogP contribution in [0.4, 0.5) is 14.6 Å². The van der Waals surface area contributed by atoms with Gasteiger partial charge in [0.05, 0.1) is 19.3 Å². The summed E-state index contributed by atoms with van der Waals surface area (Å²) in [5.41, 5.74) is -1.58. The molecule has 10 heteroatoms. The molecular formula is C14H13ClF2N4O3. The second kappa shape index (κ2) is 6.91. The number of halogens is 3. The molecule has 0 radical (unpaired) electrons. The molecule has 0 unspecified atom stereocenters. The van der Waals surface area contributed by atoms with E-state index in [2.05, 4.69) is 10.3 Å². The van der Waals surface area contributed by atoms with Crippen LogP contribution in [0.1, 0.15) is 12.6 Å². The molecule has 0 aliphatic carbocycles. The maximum atomic E-state index is 14.1. The molecule has 1 N–H and O–H groups in total. The summed E-state index contributed by atoms with van der Waals surface area (Å²) >= 11 is 5.78. The molecule has 2 aromatic rings. The third-order valence-corrected chi connectivity index (χ3v) is 3.36. The van der Waals surface area contributed by atoms with Gasteiger partial charge in [0.2, 0.25) is 0 Å². The van der Waals surface area contributed by atoms with Crippen molar-refractivity contribution in [1.82, 2.24) is 9.55 Å². The number of nitrogens with zero attached hydrogens (tertiary/aromatic N) is 3. The Labute approximate surface area is 140 Å². The molecule has 128 valence electrons. The SMILES string of the molecule is CC(=O)Cn1c(Cl)cnc(NCC(F)(F)c2cccc[n+]2[O-])c1=O. The predicted octanol–water partition coefficient (Wildman–Crippen LogP) is 1.32. The molecule has 0 fully saturated rings. The van der Waals surface area contributed by atoms with Crippen LogP contribution in [-0.2, 0) is 17.3 Å². The third-order valence-electron chi connectivity index (χ3n) is 3.06. The first-order valence-electron chi connectivity index (χ1n) is 6.77. The maximum absolute atomic E-state index is 14.1. The molecule has 2 rings (SSSR count). The molecule has 0 aliphatic rings. The summed E-state index contributed by atoms with van der Waals surface area (Å²) in [4.78, 5) is 26.9. The zero-order valence-corrected chi connectivity index (χ0v) is 13.3. The Balaban J connectivity index is 2.25. The van der Waals surface area contributed by atoms with Crippen molar-refractivity contribution in [3.63, 3.8) is 0 Å². The molecule has 24 heavy (non-hydrogen) atoms. The Morgan fingerprint density at radius 3 is 2.83 bits per heavy atom. The Bertz CT molecular complexity index is 826. The number of hydrogen-bond acceptors (Lipinski definition) is 5. The topological polar surface area (TPSA) is 90.9 Å². The number of Topliss-reactive ketones (excluding diaryl/α,β-unsaturated/α-hetero) is 1. The first-order valence-corrected chi connectivity index (χ1v) is 7.15. The van der Waals surface area contributed by atoms with Crippen LogP contribution in [0.3, 0.4) is 0 Å². The number of aromatic nitrogens is 3. The monoisotopic (exact) mass is 358 g/mol. The fourth-order valence-corrected chi connectivity index (χ4v) is 2.14. The van der Waals surface area contributed by atoms with Gasteiger partial charge < -0.3 is 10.5 Å². The third kappa shape index (κ3) is 3.85. The lowest BCUT2D eigenvalue weighted by Crippen LogP contribution is -2.41. The predicted molar refractivity (Wildman–Crippen MR) is 82.0 cm³/mol. The van der Waals surface area contributed by atoms with Gasteiger partial charge in [-0.2, -0.15) is 13.5 Å². The smallest absolute Gasteiger partial charge is 0.347 e. The Kier molecular flexibility index (Phi) is 5.13. The van der Waals surface area contributed by atoms with Crippen molar-refractivity contribution in [3.05, 3.63) is 57.0 Å². The highest BCUT2D eigenvalue weighted by molar-refractivity contribution is 6.29. The highest BCUT2D eigenvalue weighted by Gasteiger charge is 2.39. The molecule has 0 spiro atoms. The minimum atomic E-state index is -3.54. The van der Waals surface area contributed by atoms with Crippen LogP contribution in [0.25, 0.3) is 0 Å². The molecule has 0 bridgehead atoms. The summed E-state index contributed by atoms with van der Waals surface area (Å²) < 4.78 is 29.2. The van der Waals surface area contributed by atoms with Crippen LogP contribution in [0, 0.1) is 5.21 Å². The highest BCUT2D eigenvalue weighted by atomic mass is 35.5. The van der Waals surface area contributed by atoms with E-state index >= 15 is 0 Å². The first-order chi connectivity index (χ1) is 11.2. The van der Waals surface area contributed by atoms with Crippen molar-refractivity contribution in [3.8, 4) is 0 Å². The van der Waals surface area contributed by atoms with Crippen LogP contribution in [-0.4, -0.2) is 21.9 Å². The molecule has 0 amide bonds. The van der Waals surface area contributed by atoms with Gasteiger partial charge in [0.15, 0.2) is 12.0 Å². The maximum Gasteiger partial charge on any atom is 0.347 e. The normalized spacial score (nSPS) is 11.3. The van der Waals surface area contributed by atoms with Gasteiger partial charge in [-0.3, -0.25) is 14.2 Å². The van der Waals surface area contributed by atoms with Crippen LogP contribution in [0.2, 0.25) is 5.15 Å². The number of ketones is 1. The molecule has 7 nitrogen and oxygen atoms in total. The summed E-state index contributed by atoms with van der Waals surface area (Å²) in [6.45, 7) is -0.0689. The molecular weight excluding hydrogens is 346 g/mol. The van der Waals surface area contributed by atoms with Gasteiger partial charge in [-0.1, -0.05) is 11.6 Å². The standard InChI is InChI=1S/C14H13ClF2N4O3/c1-9(22)7-20-11(15)6-18-12(13(20)23)19-8-14(16,17)10-4-2-3-5-21(10)24/h2-6H,7-8H2,1H3,(H,18,19). The van der Waals surface area contributed by atoms with Crippen molar-refractivity contribution in [1.29, 1.82) is 0 Å². The lowest BCUT2D eigenvalue weighted by atomic mass is 10.2. The van der Waals surface area contributed by atoms with Crippen molar-refractivity contribution in [2.45, 2.75) is 19.4 Å². The number of hydrogen-bond donors (Lipinski definition) is 1. The van der Waals surface area contributed by atoms with Crippen LogP contribution >= 0.6 is 11.6 Å². The minimum absolute atomic E-state index is 0.0466. The number of rotatable bonds is 6. The molecule has 2 heterocycles. The highest BCUT2D eigenvalue weighted by Crippen LogP contribution is 2.24. The molecule has 0 aromatic carbocycles. The summed E-state index contributed by atoms with van der Waals surface area (Å²) in [5.74, 6) is -4.27. The van der Waals surface area contributed by atoms with Gasteiger partial charge in [0, 0.05) is 12.1 Å². The van der Waals surface area contributed by atoms with E-state index in [4.69, 9.17) is 11.6 Å². The average Bonchev–Trinajstić information content (AvgIpc) is 2.50. The summed E-state index contributed by atoms with van der Waals surface area (Å²) in [6.07, 6.45) is 2.02. The van der Waals surface area contributed by atoms with Crippen molar-refractivity contribution in [2.24, 2.45) is 0 Å². The largest absolute Gasteiger partial charge is 0.618 e. The molecule has 0 atom stereocenters. The van der Waals surface area contributed by atoms with Gasteiger partial charge in [-0.15, -0.1) is 0 Å². The van der Waals surface area contributed by atoms with Crippen molar-refractivity contribution in [2.75, 3.05) is 11.9 Å². The van der Waals surface area contributed by atoms with E-state index in [1.807, 2.05) is 0 Å². The minimum Gasteiger partial charge on any atom is -0.618 e. The second-order valence-corrected chi connectivity index (χ2v) is 5.38. The van der Waals surface area contributed by atoms with Crippen LogP contribution in [0.15, 0.2) is 35.4 Å². The fraction of sp³-hybridized carbons (Fsp3) is 0.286. The van der Waals surface area contributed by atoms with Crippen molar-refractivity contribution >= 4 is 23.2 Å². The van der Waals surface area contributed by atoms with Gasteiger partial charge in [-0.05, 0) is 13.0 Å². The Morgan fingerprint density at radius 2 is 2.21 bits per heavy atom. The first kappa shape index (κ1) is 17.8. The molecule has 0 saturated heterocycles. The fourth-order valence-electron chi connectivity index (χ4n) is 1.96. The number of nitrogens with one attached hydrogen (secondary N) is 1. The van der Waals surface area contributed by atoms with E-state index < -0.39 is 29.5 Å². The number of carbonyl (C=O) groups is 1. The number of alkyl halides is 2. The lowest BCUT2D eigenvalue weighted by Gasteiger charge is -2.16. The van der Waals surface area contributed by atoms with Crippen LogP contribution < -0.4 is 15.6 Å².